The fourth-order valence-electron chi connectivity index (χ4n) is 2.36. The number of rotatable bonds is 2. The molecule has 2 N–H and O–H groups in total. The van der Waals surface area contributed by atoms with E-state index < -0.39 is 10.0 Å². The van der Waals surface area contributed by atoms with Gasteiger partial charge in [0.1, 0.15) is 0 Å². The standard InChI is InChI=1S/C12H16Cl2N2O2S/c1-8-4-11(15)2-3-16(8)19(17,18)12-6-9(13)5-10(14)7-12/h5-8,11H,2-4,15H2,1H3. The van der Waals surface area contributed by atoms with Crippen LogP contribution in [-0.2, 0) is 10.0 Å². The van der Waals surface area contributed by atoms with Gasteiger partial charge in [0.25, 0.3) is 0 Å². The van der Waals surface area contributed by atoms with E-state index in [2.05, 4.69) is 0 Å². The van der Waals surface area contributed by atoms with Crippen LogP contribution in [0.25, 0.3) is 0 Å². The smallest absolute Gasteiger partial charge is 0.243 e. The highest BCUT2D eigenvalue weighted by Gasteiger charge is 2.33. The van der Waals surface area contributed by atoms with Crippen LogP contribution in [0.5, 0.6) is 0 Å². The van der Waals surface area contributed by atoms with Gasteiger partial charge in [-0.05, 0) is 38.0 Å². The van der Waals surface area contributed by atoms with Gasteiger partial charge >= 0.3 is 0 Å². The van der Waals surface area contributed by atoms with Crippen molar-refractivity contribution >= 4 is 33.2 Å². The molecule has 0 radical (unpaired) electrons. The van der Waals surface area contributed by atoms with Gasteiger partial charge in [0.05, 0.1) is 4.90 Å². The highest BCUT2D eigenvalue weighted by atomic mass is 35.5. The third kappa shape index (κ3) is 3.23. The number of piperidine rings is 1. The second-order valence-corrected chi connectivity index (χ2v) is 7.62. The topological polar surface area (TPSA) is 63.4 Å². The normalized spacial score (nSPS) is 25.5. The summed E-state index contributed by atoms with van der Waals surface area (Å²) in [6.07, 6.45) is 1.32. The predicted molar refractivity (Wildman–Crippen MR) is 77.0 cm³/mol. The lowest BCUT2D eigenvalue weighted by Gasteiger charge is -2.35. The summed E-state index contributed by atoms with van der Waals surface area (Å²) in [5.74, 6) is 0. The molecule has 0 bridgehead atoms. The summed E-state index contributed by atoms with van der Waals surface area (Å²) in [7, 11) is -3.57. The lowest BCUT2D eigenvalue weighted by atomic mass is 10.0. The van der Waals surface area contributed by atoms with Gasteiger partial charge in [-0.1, -0.05) is 23.2 Å². The Labute approximate surface area is 123 Å². The number of sulfonamides is 1. The van der Waals surface area contributed by atoms with E-state index in [9.17, 15) is 8.42 Å². The minimum atomic E-state index is -3.57. The summed E-state index contributed by atoms with van der Waals surface area (Å²) in [6, 6.07) is 4.29. The van der Waals surface area contributed by atoms with E-state index in [-0.39, 0.29) is 17.0 Å². The van der Waals surface area contributed by atoms with Crippen molar-refractivity contribution < 1.29 is 8.42 Å². The van der Waals surface area contributed by atoms with Crippen LogP contribution in [0.4, 0.5) is 0 Å². The molecule has 2 rings (SSSR count). The quantitative estimate of drug-likeness (QED) is 0.909. The zero-order chi connectivity index (χ0) is 14.2. The highest BCUT2D eigenvalue weighted by molar-refractivity contribution is 7.89. The summed E-state index contributed by atoms with van der Waals surface area (Å²) >= 11 is 11.7. The van der Waals surface area contributed by atoms with Gasteiger partial charge in [0, 0.05) is 28.7 Å². The van der Waals surface area contributed by atoms with Gasteiger partial charge in [-0.15, -0.1) is 0 Å². The van der Waals surface area contributed by atoms with Crippen LogP contribution < -0.4 is 5.73 Å². The average molecular weight is 323 g/mol. The maximum absolute atomic E-state index is 12.6. The van der Waals surface area contributed by atoms with E-state index >= 15 is 0 Å². The maximum atomic E-state index is 12.6. The first-order chi connectivity index (χ1) is 8.80. The molecule has 2 unspecified atom stereocenters. The van der Waals surface area contributed by atoms with Gasteiger partial charge in [-0.25, -0.2) is 8.42 Å². The summed E-state index contributed by atoms with van der Waals surface area (Å²) in [6.45, 7) is 2.29. The number of hydrogen-bond acceptors (Lipinski definition) is 3. The Kier molecular flexibility index (Phi) is 4.42. The number of hydrogen-bond donors (Lipinski definition) is 1. The molecule has 0 saturated carbocycles. The van der Waals surface area contributed by atoms with E-state index in [1.165, 1.54) is 22.5 Å². The van der Waals surface area contributed by atoms with Crippen LogP contribution >= 0.6 is 23.2 Å². The molecule has 1 saturated heterocycles. The Hall–Kier alpha value is -0.330. The van der Waals surface area contributed by atoms with E-state index in [4.69, 9.17) is 28.9 Å². The molecule has 0 amide bonds. The molecule has 19 heavy (non-hydrogen) atoms. The molecular weight excluding hydrogens is 307 g/mol. The number of nitrogens with two attached hydrogens (primary N) is 1. The summed E-state index contributed by atoms with van der Waals surface area (Å²) in [5.41, 5.74) is 5.85. The van der Waals surface area contributed by atoms with E-state index in [0.29, 0.717) is 29.4 Å². The minimum absolute atomic E-state index is 0.0596. The van der Waals surface area contributed by atoms with Gasteiger partial charge < -0.3 is 5.73 Å². The second kappa shape index (κ2) is 5.58. The number of halogens is 2. The lowest BCUT2D eigenvalue weighted by molar-refractivity contribution is 0.247. The molecule has 2 atom stereocenters. The summed E-state index contributed by atoms with van der Waals surface area (Å²) in [4.78, 5) is 0.132. The molecule has 1 aliphatic rings. The predicted octanol–water partition coefficient (Wildman–Crippen LogP) is 2.49. The largest absolute Gasteiger partial charge is 0.328 e. The summed E-state index contributed by atoms with van der Waals surface area (Å²) < 4.78 is 26.6. The Morgan fingerprint density at radius 1 is 1.26 bits per heavy atom. The van der Waals surface area contributed by atoms with Crippen molar-refractivity contribution in [3.8, 4) is 0 Å². The molecule has 1 aromatic carbocycles. The molecule has 7 heteroatoms. The summed E-state index contributed by atoms with van der Waals surface area (Å²) in [5, 5.41) is 0.625. The molecule has 0 aliphatic carbocycles. The van der Waals surface area contributed by atoms with Crippen molar-refractivity contribution in [2.45, 2.75) is 36.7 Å². The average Bonchev–Trinajstić information content (AvgIpc) is 2.26. The van der Waals surface area contributed by atoms with Gasteiger partial charge in [-0.3, -0.25) is 0 Å². The van der Waals surface area contributed by atoms with Crippen LogP contribution in [0, 0.1) is 0 Å². The fourth-order valence-corrected chi connectivity index (χ4v) is 4.74. The molecule has 106 valence electrons. The van der Waals surface area contributed by atoms with E-state index in [1.807, 2.05) is 6.92 Å². The SMILES string of the molecule is CC1CC(N)CCN1S(=O)(=O)c1cc(Cl)cc(Cl)c1. The second-order valence-electron chi connectivity index (χ2n) is 4.85. The van der Waals surface area contributed by atoms with Crippen molar-refractivity contribution in [1.82, 2.24) is 4.31 Å². The molecule has 1 heterocycles. The fraction of sp³-hybridized carbons (Fsp3) is 0.500. The minimum Gasteiger partial charge on any atom is -0.328 e. The van der Waals surface area contributed by atoms with Crippen molar-refractivity contribution in [2.75, 3.05) is 6.54 Å². The van der Waals surface area contributed by atoms with Crippen LogP contribution in [-0.4, -0.2) is 31.4 Å². The molecule has 4 nitrogen and oxygen atoms in total. The van der Waals surface area contributed by atoms with Crippen molar-refractivity contribution in [1.29, 1.82) is 0 Å². The third-order valence-corrected chi connectivity index (χ3v) is 5.73. The monoisotopic (exact) mass is 322 g/mol. The van der Waals surface area contributed by atoms with Crippen molar-refractivity contribution in [3.63, 3.8) is 0 Å². The first-order valence-corrected chi connectivity index (χ1v) is 8.24. The first-order valence-electron chi connectivity index (χ1n) is 6.04. The molecule has 1 aliphatic heterocycles. The first kappa shape index (κ1) is 15.1. The highest BCUT2D eigenvalue weighted by Crippen LogP contribution is 2.28. The molecular formula is C12H16Cl2N2O2S. The van der Waals surface area contributed by atoms with Crippen LogP contribution in [0.1, 0.15) is 19.8 Å². The zero-order valence-corrected chi connectivity index (χ0v) is 12.8. The molecule has 1 fully saturated rings. The van der Waals surface area contributed by atoms with Crippen molar-refractivity contribution in [3.05, 3.63) is 28.2 Å². The van der Waals surface area contributed by atoms with Gasteiger partial charge in [0.15, 0.2) is 0 Å². The molecule has 0 aromatic heterocycles. The lowest BCUT2D eigenvalue weighted by Crippen LogP contribution is -2.48. The Bertz CT molecular complexity index is 557. The number of nitrogens with zero attached hydrogens (tertiary/aromatic N) is 1. The van der Waals surface area contributed by atoms with Crippen LogP contribution in [0.3, 0.4) is 0 Å². The van der Waals surface area contributed by atoms with E-state index in [0.717, 1.165) is 0 Å². The zero-order valence-electron chi connectivity index (χ0n) is 10.5. The van der Waals surface area contributed by atoms with Crippen LogP contribution in [0.2, 0.25) is 10.0 Å². The maximum Gasteiger partial charge on any atom is 0.243 e. The number of benzene rings is 1. The molecule has 1 aromatic rings. The Morgan fingerprint density at radius 2 is 1.84 bits per heavy atom. The third-order valence-electron chi connectivity index (χ3n) is 3.30. The van der Waals surface area contributed by atoms with Crippen LogP contribution in [0.15, 0.2) is 23.1 Å². The van der Waals surface area contributed by atoms with E-state index in [1.54, 1.807) is 0 Å². The Balaban J connectivity index is 2.36. The Morgan fingerprint density at radius 3 is 2.37 bits per heavy atom. The van der Waals surface area contributed by atoms with Crippen molar-refractivity contribution in [2.24, 2.45) is 5.73 Å². The van der Waals surface area contributed by atoms with Gasteiger partial charge in [0.2, 0.25) is 10.0 Å². The van der Waals surface area contributed by atoms with Gasteiger partial charge in [-0.2, -0.15) is 4.31 Å². The molecule has 0 spiro atoms.